The number of nitrogens with zero attached hydrogens (tertiary/aromatic N) is 6. The standard InChI is InChI=1S/C27H25F4N7O2/c1-17-23-24(37-12-10-36(11-13-37)19-6-4-3-5-7-19)22(15-32-25(23)35(2)34-17)38(16-39)26(40)33-18-8-9-21(28)20(14-18)27(29,30)31/h3-9,14-16H,10-13H2,1-2H3,(H,33,40). The molecule has 0 atom stereocenters. The van der Waals surface area contributed by atoms with Crippen LogP contribution in [0.5, 0.6) is 0 Å². The number of carbonyl (C=O) groups is 2. The number of aryl methyl sites for hydroxylation is 2. The summed E-state index contributed by atoms with van der Waals surface area (Å²) in [5.74, 6) is -1.48. The molecule has 1 aliphatic heterocycles. The van der Waals surface area contributed by atoms with Crippen LogP contribution in [0, 0.1) is 12.7 Å². The maximum absolute atomic E-state index is 13.8. The van der Waals surface area contributed by atoms with Crippen molar-refractivity contribution in [1.29, 1.82) is 0 Å². The van der Waals surface area contributed by atoms with E-state index in [0.717, 1.165) is 16.7 Å². The second kappa shape index (κ2) is 10.5. The number of carbonyl (C=O) groups excluding carboxylic acids is 2. The number of hydrogen-bond acceptors (Lipinski definition) is 6. The maximum Gasteiger partial charge on any atom is 0.419 e. The summed E-state index contributed by atoms with van der Waals surface area (Å²) >= 11 is 0. The molecule has 5 rings (SSSR count). The molecule has 0 unspecified atom stereocenters. The summed E-state index contributed by atoms with van der Waals surface area (Å²) in [6.07, 6.45) is -3.33. The SMILES string of the molecule is Cc1nn(C)c2ncc(N(C=O)C(=O)Nc3ccc(F)c(C(F)(F)F)c3)c(N3CCN(c4ccccc4)CC3)c12. The van der Waals surface area contributed by atoms with Gasteiger partial charge in [-0.15, -0.1) is 0 Å². The number of hydrogen-bond donors (Lipinski definition) is 1. The van der Waals surface area contributed by atoms with E-state index in [9.17, 15) is 27.2 Å². The third kappa shape index (κ3) is 5.01. The van der Waals surface area contributed by atoms with Gasteiger partial charge in [0.1, 0.15) is 5.82 Å². The lowest BCUT2D eigenvalue weighted by Crippen LogP contribution is -2.47. The summed E-state index contributed by atoms with van der Waals surface area (Å²) in [7, 11) is 1.73. The number of benzene rings is 2. The van der Waals surface area contributed by atoms with E-state index in [1.165, 1.54) is 6.20 Å². The molecule has 2 aromatic carbocycles. The van der Waals surface area contributed by atoms with E-state index < -0.39 is 23.6 Å². The highest BCUT2D eigenvalue weighted by atomic mass is 19.4. The maximum atomic E-state index is 13.8. The van der Waals surface area contributed by atoms with Crippen molar-refractivity contribution in [3.8, 4) is 0 Å². The van der Waals surface area contributed by atoms with Gasteiger partial charge in [0.05, 0.1) is 34.2 Å². The van der Waals surface area contributed by atoms with Gasteiger partial charge in [-0.1, -0.05) is 18.2 Å². The number of anilines is 4. The van der Waals surface area contributed by atoms with E-state index in [4.69, 9.17) is 0 Å². The predicted octanol–water partition coefficient (Wildman–Crippen LogP) is 4.96. The van der Waals surface area contributed by atoms with Gasteiger partial charge in [0.25, 0.3) is 0 Å². The van der Waals surface area contributed by atoms with E-state index in [1.54, 1.807) is 18.7 Å². The highest BCUT2D eigenvalue weighted by Crippen LogP contribution is 2.38. The average molecular weight is 556 g/mol. The van der Waals surface area contributed by atoms with Crippen molar-refractivity contribution in [2.45, 2.75) is 13.1 Å². The van der Waals surface area contributed by atoms with Crippen molar-refractivity contribution >= 4 is 46.2 Å². The van der Waals surface area contributed by atoms with Crippen LogP contribution in [-0.4, -0.2) is 53.4 Å². The number of alkyl halides is 3. The zero-order chi connectivity index (χ0) is 28.6. The highest BCUT2D eigenvalue weighted by Gasteiger charge is 2.35. The lowest BCUT2D eigenvalue weighted by molar-refractivity contribution is -0.139. The summed E-state index contributed by atoms with van der Waals surface area (Å²) in [6, 6.07) is 11.0. The molecule has 9 nitrogen and oxygen atoms in total. The normalized spacial score (nSPS) is 13.9. The number of amides is 3. The first-order valence-electron chi connectivity index (χ1n) is 12.4. The van der Waals surface area contributed by atoms with Crippen molar-refractivity contribution in [2.24, 2.45) is 7.05 Å². The summed E-state index contributed by atoms with van der Waals surface area (Å²) in [5, 5.41) is 7.37. The third-order valence-electron chi connectivity index (χ3n) is 6.80. The summed E-state index contributed by atoms with van der Waals surface area (Å²) < 4.78 is 54.9. The van der Waals surface area contributed by atoms with Crippen LogP contribution in [0.2, 0.25) is 0 Å². The lowest BCUT2D eigenvalue weighted by atomic mass is 10.1. The topological polar surface area (TPSA) is 86.6 Å². The van der Waals surface area contributed by atoms with Gasteiger partial charge in [-0.05, 0) is 37.3 Å². The molecule has 4 aromatic rings. The quantitative estimate of drug-likeness (QED) is 0.277. The second-order valence-corrected chi connectivity index (χ2v) is 9.31. The number of imide groups is 1. The number of nitrogens with one attached hydrogen (secondary N) is 1. The Bertz CT molecular complexity index is 1560. The van der Waals surface area contributed by atoms with Crippen molar-refractivity contribution < 1.29 is 27.2 Å². The molecule has 40 heavy (non-hydrogen) atoms. The van der Waals surface area contributed by atoms with Crippen LogP contribution >= 0.6 is 0 Å². The fraction of sp³-hybridized carbons (Fsp3) is 0.259. The van der Waals surface area contributed by atoms with E-state index in [-0.39, 0.29) is 17.8 Å². The molecule has 1 N–H and O–H groups in total. The molecule has 3 amide bonds. The number of pyridine rings is 1. The molecule has 1 aliphatic rings. The van der Waals surface area contributed by atoms with Crippen molar-refractivity contribution in [3.63, 3.8) is 0 Å². The van der Waals surface area contributed by atoms with Gasteiger partial charge in [-0.25, -0.2) is 19.1 Å². The van der Waals surface area contributed by atoms with E-state index in [0.29, 0.717) is 60.7 Å². The van der Waals surface area contributed by atoms with E-state index in [2.05, 4.69) is 20.3 Å². The Morgan fingerprint density at radius 1 is 1.05 bits per heavy atom. The number of para-hydroxylation sites is 1. The molecular weight excluding hydrogens is 530 g/mol. The molecule has 1 fully saturated rings. The van der Waals surface area contributed by atoms with Crippen LogP contribution < -0.4 is 20.0 Å². The highest BCUT2D eigenvalue weighted by molar-refractivity contribution is 6.16. The molecule has 0 bridgehead atoms. The van der Waals surface area contributed by atoms with E-state index in [1.807, 2.05) is 35.2 Å². The second-order valence-electron chi connectivity index (χ2n) is 9.31. The van der Waals surface area contributed by atoms with Crippen LogP contribution in [0.25, 0.3) is 11.0 Å². The zero-order valence-corrected chi connectivity index (χ0v) is 21.6. The molecule has 1 saturated heterocycles. The molecular formula is C27H25F4N7O2. The number of halogens is 4. The van der Waals surface area contributed by atoms with Crippen LogP contribution in [0.4, 0.5) is 45.1 Å². The molecule has 208 valence electrons. The Hall–Kier alpha value is -4.68. The predicted molar refractivity (Wildman–Crippen MR) is 143 cm³/mol. The molecule has 0 saturated carbocycles. The van der Waals surface area contributed by atoms with Gasteiger partial charge in [0.15, 0.2) is 5.65 Å². The zero-order valence-electron chi connectivity index (χ0n) is 21.6. The first-order valence-corrected chi connectivity index (χ1v) is 12.4. The summed E-state index contributed by atoms with van der Waals surface area (Å²) in [5.41, 5.74) is 1.09. The van der Waals surface area contributed by atoms with Gasteiger partial charge < -0.3 is 15.1 Å². The number of piperazine rings is 1. The van der Waals surface area contributed by atoms with Gasteiger partial charge >= 0.3 is 12.2 Å². The fourth-order valence-corrected chi connectivity index (χ4v) is 4.92. The Kier molecular flexibility index (Phi) is 7.04. The summed E-state index contributed by atoms with van der Waals surface area (Å²) in [6.45, 7) is 4.22. The fourth-order valence-electron chi connectivity index (χ4n) is 4.92. The Morgan fingerprint density at radius 3 is 2.38 bits per heavy atom. The largest absolute Gasteiger partial charge is 0.419 e. The molecule has 0 aliphatic carbocycles. The van der Waals surface area contributed by atoms with E-state index >= 15 is 0 Å². The monoisotopic (exact) mass is 555 g/mol. The van der Waals surface area contributed by atoms with Crippen LogP contribution in [0.15, 0.2) is 54.7 Å². The van der Waals surface area contributed by atoms with Gasteiger partial charge in [0.2, 0.25) is 6.41 Å². The van der Waals surface area contributed by atoms with Crippen LogP contribution in [0.1, 0.15) is 11.3 Å². The number of rotatable bonds is 5. The molecule has 13 heteroatoms. The minimum absolute atomic E-state index is 0.141. The Labute approximate surface area is 226 Å². The van der Waals surface area contributed by atoms with Crippen molar-refractivity contribution in [1.82, 2.24) is 14.8 Å². The minimum atomic E-state index is -4.96. The number of aromatic nitrogens is 3. The Morgan fingerprint density at radius 2 is 1.73 bits per heavy atom. The van der Waals surface area contributed by atoms with Crippen molar-refractivity contribution in [3.05, 3.63) is 71.8 Å². The van der Waals surface area contributed by atoms with Crippen LogP contribution in [0.3, 0.4) is 0 Å². The summed E-state index contributed by atoms with van der Waals surface area (Å²) in [4.78, 5) is 34.9. The van der Waals surface area contributed by atoms with Crippen molar-refractivity contribution in [2.75, 3.05) is 46.2 Å². The molecule has 0 radical (unpaired) electrons. The molecule has 0 spiro atoms. The third-order valence-corrected chi connectivity index (χ3v) is 6.80. The van der Waals surface area contributed by atoms with Gasteiger partial charge in [-0.3, -0.25) is 9.48 Å². The number of fused-ring (bicyclic) bond motifs is 1. The average Bonchev–Trinajstić information content (AvgIpc) is 3.23. The minimum Gasteiger partial charge on any atom is -0.368 e. The van der Waals surface area contributed by atoms with Gasteiger partial charge in [-0.2, -0.15) is 18.3 Å². The molecule has 3 heterocycles. The smallest absolute Gasteiger partial charge is 0.368 e. The first kappa shape index (κ1) is 26.9. The first-order chi connectivity index (χ1) is 19.1. The lowest BCUT2D eigenvalue weighted by Gasteiger charge is -2.38. The van der Waals surface area contributed by atoms with Gasteiger partial charge in [0, 0.05) is 44.6 Å². The number of urea groups is 1. The Balaban J connectivity index is 1.50. The van der Waals surface area contributed by atoms with Crippen LogP contribution in [-0.2, 0) is 18.0 Å². The molecule has 2 aromatic heterocycles.